The molecule has 4 heterocycles. The number of aromatic nitrogens is 8. The molecule has 15 heteroatoms. The van der Waals surface area contributed by atoms with E-state index in [-0.39, 0.29) is 24.9 Å². The van der Waals surface area contributed by atoms with Gasteiger partial charge in [-0.2, -0.15) is 16.9 Å². The van der Waals surface area contributed by atoms with E-state index in [0.717, 1.165) is 28.3 Å². The van der Waals surface area contributed by atoms with Crippen LogP contribution in [-0.4, -0.2) is 90.4 Å². The van der Waals surface area contributed by atoms with Crippen LogP contribution in [0.3, 0.4) is 0 Å². The van der Waals surface area contributed by atoms with Gasteiger partial charge < -0.3 is 24.6 Å². The first-order valence-corrected chi connectivity index (χ1v) is 18.8. The van der Waals surface area contributed by atoms with Crippen LogP contribution in [0.15, 0.2) is 60.9 Å². The zero-order valence-corrected chi connectivity index (χ0v) is 32.7. The number of nitrogens with one attached hydrogen (secondary N) is 1. The number of thioether (sulfide) groups is 1. The number of aliphatic hydroxyl groups excluding tert-OH is 1. The minimum Gasteiger partial charge on any atom is -0.497 e. The highest BCUT2D eigenvalue weighted by molar-refractivity contribution is 7.97. The Morgan fingerprint density at radius 2 is 1.58 bits per heavy atom. The van der Waals surface area contributed by atoms with Crippen molar-refractivity contribution in [3.8, 4) is 40.3 Å². The molecule has 6 rings (SSSR count). The molecule has 0 saturated heterocycles. The third-order valence-electron chi connectivity index (χ3n) is 7.91. The lowest BCUT2D eigenvalue weighted by Gasteiger charge is -2.12. The summed E-state index contributed by atoms with van der Waals surface area (Å²) < 4.78 is 21.7. The molecule has 0 bridgehead atoms. The maximum Gasteiger partial charge on any atom is 0.287 e. The molecule has 0 aliphatic carbocycles. The number of ether oxygens (including phenoxy) is 3. The summed E-state index contributed by atoms with van der Waals surface area (Å²) in [4.78, 5) is 23.1. The molecule has 2 aromatic carbocycles. The summed E-state index contributed by atoms with van der Waals surface area (Å²) in [7, 11) is 4.78. The molecule has 1 amide bonds. The zero-order chi connectivity index (χ0) is 38.5. The van der Waals surface area contributed by atoms with Crippen molar-refractivity contribution in [3.63, 3.8) is 0 Å². The maximum absolute atomic E-state index is 13.8. The van der Waals surface area contributed by atoms with Crippen molar-refractivity contribution >= 4 is 23.2 Å². The molecule has 0 unspecified atom stereocenters. The van der Waals surface area contributed by atoms with E-state index in [1.807, 2.05) is 91.9 Å². The predicted octanol–water partition coefficient (Wildman–Crippen LogP) is 5.86. The lowest BCUT2D eigenvalue weighted by molar-refractivity contribution is 0.0939. The van der Waals surface area contributed by atoms with Gasteiger partial charge in [-0.15, -0.1) is 10.2 Å². The number of hydrogen-bond acceptors (Lipinski definition) is 11. The van der Waals surface area contributed by atoms with E-state index in [9.17, 15) is 9.90 Å². The fourth-order valence-corrected chi connectivity index (χ4v) is 5.51. The number of aliphatic hydroxyl groups is 1. The summed E-state index contributed by atoms with van der Waals surface area (Å²) in [6.45, 7) is 8.89. The van der Waals surface area contributed by atoms with Crippen molar-refractivity contribution in [1.82, 2.24) is 44.2 Å². The molecule has 0 aliphatic rings. The number of benzene rings is 2. The van der Waals surface area contributed by atoms with Gasteiger partial charge in [0.2, 0.25) is 5.82 Å². The topological polar surface area (TPSA) is 156 Å². The number of imidazole rings is 1. The Labute approximate surface area is 314 Å². The largest absolute Gasteiger partial charge is 0.497 e. The smallest absolute Gasteiger partial charge is 0.287 e. The highest BCUT2D eigenvalue weighted by Gasteiger charge is 2.26. The third kappa shape index (κ3) is 9.53. The minimum atomic E-state index is -0.390. The Kier molecular flexibility index (Phi) is 14.8. The molecule has 0 atom stereocenters. The predicted molar refractivity (Wildman–Crippen MR) is 208 cm³/mol. The van der Waals surface area contributed by atoms with Gasteiger partial charge in [-0.25, -0.2) is 4.98 Å². The number of nitrogens with zero attached hydrogens (tertiary/aromatic N) is 8. The van der Waals surface area contributed by atoms with E-state index >= 15 is 0 Å². The van der Waals surface area contributed by atoms with Gasteiger partial charge in [0.05, 0.1) is 51.0 Å². The molecule has 2 N–H and O–H groups in total. The summed E-state index contributed by atoms with van der Waals surface area (Å²) in [6.07, 6.45) is 8.07. The summed E-state index contributed by atoms with van der Waals surface area (Å²) in [6, 6.07) is 15.1. The van der Waals surface area contributed by atoms with Crippen LogP contribution in [0, 0.1) is 13.8 Å². The van der Waals surface area contributed by atoms with Gasteiger partial charge in [-0.3, -0.25) is 23.4 Å². The van der Waals surface area contributed by atoms with Gasteiger partial charge in [0.25, 0.3) is 5.91 Å². The van der Waals surface area contributed by atoms with Gasteiger partial charge in [0, 0.05) is 37.5 Å². The molecule has 0 fully saturated rings. The van der Waals surface area contributed by atoms with Gasteiger partial charge in [-0.1, -0.05) is 26.0 Å². The molecule has 0 aliphatic heterocycles. The number of amides is 1. The first-order valence-electron chi connectivity index (χ1n) is 17.2. The number of fused-ring (bicyclic) bond motifs is 1. The molecule has 0 radical (unpaired) electrons. The van der Waals surface area contributed by atoms with E-state index in [1.54, 1.807) is 56.0 Å². The lowest BCUT2D eigenvalue weighted by atomic mass is 10.2. The van der Waals surface area contributed by atoms with E-state index < -0.39 is 0 Å². The van der Waals surface area contributed by atoms with Crippen molar-refractivity contribution in [1.29, 1.82) is 0 Å². The monoisotopic (exact) mass is 743 g/mol. The van der Waals surface area contributed by atoms with Crippen LogP contribution in [0.25, 0.3) is 28.6 Å². The SMILES string of the molecule is CC.COc1ccc(Cn2c(-c3nc(C(=O)NCc4ccc(OC)cc4OC)n4cc(C)ncc34)nnc2-c2cc(C)nn2CCCO)cc1.CSC. The van der Waals surface area contributed by atoms with Gasteiger partial charge >= 0.3 is 0 Å². The summed E-state index contributed by atoms with van der Waals surface area (Å²) in [5.74, 6) is 2.78. The maximum atomic E-state index is 13.8. The second-order valence-corrected chi connectivity index (χ2v) is 12.4. The van der Waals surface area contributed by atoms with Crippen molar-refractivity contribution in [2.75, 3.05) is 40.4 Å². The van der Waals surface area contributed by atoms with Crippen molar-refractivity contribution in [2.45, 2.75) is 53.8 Å². The average molecular weight is 744 g/mol. The molecule has 282 valence electrons. The van der Waals surface area contributed by atoms with Crippen LogP contribution in [0.2, 0.25) is 0 Å². The van der Waals surface area contributed by atoms with Crippen molar-refractivity contribution in [3.05, 3.63) is 89.3 Å². The Hall–Kier alpha value is -5.41. The molecule has 6 aromatic rings. The quantitative estimate of drug-likeness (QED) is 0.146. The molecule has 0 saturated carbocycles. The minimum absolute atomic E-state index is 0.0330. The van der Waals surface area contributed by atoms with E-state index in [4.69, 9.17) is 19.2 Å². The van der Waals surface area contributed by atoms with Crippen LogP contribution in [0.4, 0.5) is 0 Å². The van der Waals surface area contributed by atoms with Crippen LogP contribution in [0.1, 0.15) is 53.4 Å². The lowest BCUT2D eigenvalue weighted by Crippen LogP contribution is -2.25. The van der Waals surface area contributed by atoms with Crippen LogP contribution in [0.5, 0.6) is 17.2 Å². The number of carbonyl (C=O) groups excluding carboxylic acids is 1. The Bertz CT molecular complexity index is 2090. The summed E-state index contributed by atoms with van der Waals surface area (Å²) in [5.41, 5.74) is 5.05. The third-order valence-corrected chi connectivity index (χ3v) is 7.91. The highest BCUT2D eigenvalue weighted by Crippen LogP contribution is 2.30. The number of aryl methyl sites for hydroxylation is 3. The van der Waals surface area contributed by atoms with Crippen molar-refractivity contribution < 1.29 is 24.1 Å². The summed E-state index contributed by atoms with van der Waals surface area (Å²) >= 11 is 1.75. The van der Waals surface area contributed by atoms with Gasteiger partial charge in [-0.05, 0) is 68.7 Å². The summed E-state index contributed by atoms with van der Waals surface area (Å²) in [5, 5.41) is 26.4. The second kappa shape index (κ2) is 19.4. The standard InChI is InChI=1S/C34H37N9O5.C2H6S.C2H6/c1-21-15-27(43(40-21)13-6-14-44)31-38-39-32(42(31)20-23-7-10-25(46-3)11-8-23)30-28-18-35-22(2)19-41(28)33(37-30)34(45)36-17-24-9-12-26(47-4)16-29(24)48-5;1-3-2;1-2/h7-12,15-16,18-19,44H,6,13-14,17,20H2,1-5H3,(H,36,45);1-2H3;1-2H3. The zero-order valence-electron chi connectivity index (χ0n) is 31.9. The fraction of sp³-hybridized carbons (Fsp3) is 0.368. The molecular weight excluding hydrogens is 695 g/mol. The van der Waals surface area contributed by atoms with E-state index in [0.29, 0.717) is 59.6 Å². The molecule has 4 aromatic heterocycles. The van der Waals surface area contributed by atoms with E-state index in [2.05, 4.69) is 25.6 Å². The molecule has 53 heavy (non-hydrogen) atoms. The number of methoxy groups -OCH3 is 3. The van der Waals surface area contributed by atoms with E-state index in [1.165, 1.54) is 0 Å². The Balaban J connectivity index is 0.00000119. The molecule has 0 spiro atoms. The number of rotatable bonds is 13. The Morgan fingerprint density at radius 1 is 0.906 bits per heavy atom. The van der Waals surface area contributed by atoms with Crippen LogP contribution < -0.4 is 19.5 Å². The van der Waals surface area contributed by atoms with Gasteiger partial charge in [0.1, 0.15) is 28.6 Å². The normalized spacial score (nSPS) is 10.6. The second-order valence-electron chi connectivity index (χ2n) is 11.6. The fourth-order valence-electron chi connectivity index (χ4n) is 5.51. The first-order chi connectivity index (χ1) is 25.7. The average Bonchev–Trinajstić information content (AvgIpc) is 3.88. The number of carbonyl (C=O) groups is 1. The van der Waals surface area contributed by atoms with Gasteiger partial charge in [0.15, 0.2) is 11.6 Å². The molecular formula is C38H49N9O5S. The Morgan fingerprint density at radius 3 is 2.25 bits per heavy atom. The first kappa shape index (κ1) is 40.4. The van der Waals surface area contributed by atoms with Crippen LogP contribution >= 0.6 is 11.8 Å². The highest BCUT2D eigenvalue weighted by atomic mass is 32.2. The van der Waals surface area contributed by atoms with Crippen LogP contribution in [-0.2, 0) is 19.6 Å². The molecule has 14 nitrogen and oxygen atoms in total. The van der Waals surface area contributed by atoms with Crippen molar-refractivity contribution in [2.24, 2.45) is 0 Å². The number of hydrogen-bond donors (Lipinski definition) is 2.